The highest BCUT2D eigenvalue weighted by Crippen LogP contribution is 2.42. The maximum atomic E-state index is 14.7. The first-order chi connectivity index (χ1) is 20.0. The first-order valence-electron chi connectivity index (χ1n) is 14.6. The quantitative estimate of drug-likeness (QED) is 0.223. The molecule has 1 aliphatic heterocycles. The van der Waals surface area contributed by atoms with Crippen LogP contribution in [0.25, 0.3) is 0 Å². The number of nitrogens with one attached hydrogen (secondary N) is 2. The summed E-state index contributed by atoms with van der Waals surface area (Å²) in [6.07, 6.45) is 3.19. The summed E-state index contributed by atoms with van der Waals surface area (Å²) in [6, 6.07) is 14.8. The summed E-state index contributed by atoms with van der Waals surface area (Å²) in [5.74, 6) is 0.117. The van der Waals surface area contributed by atoms with Crippen LogP contribution in [0.15, 0.2) is 55.1 Å². The standard InChI is InChI=1S/C32H45FN4O4/c1-4-31(38)35-15-17-40-19-21-41-20-18-39-16-14-34-26-11-8-24(9-12-26)27-22-37(23-30(27)36(2)3)29-13-10-25-6-5-7-28(33)32(25)29/h4-9,11-12,27,29-30,34H,1,10,13-23H2,2-3H3,(H,35,38)/t27-,29?,30+/m1/s1. The molecule has 2 aliphatic rings. The smallest absolute Gasteiger partial charge is 0.243 e. The van der Waals surface area contributed by atoms with E-state index >= 15 is 0 Å². The van der Waals surface area contributed by atoms with Gasteiger partial charge in [0, 0.05) is 55.4 Å². The number of halogens is 1. The largest absolute Gasteiger partial charge is 0.383 e. The molecule has 2 N–H and O–H groups in total. The molecule has 0 aromatic heterocycles. The van der Waals surface area contributed by atoms with Crippen molar-refractivity contribution >= 4 is 11.6 Å². The number of nitrogens with zero attached hydrogens (tertiary/aromatic N) is 2. The Labute approximate surface area is 243 Å². The van der Waals surface area contributed by atoms with Crippen molar-refractivity contribution in [3.63, 3.8) is 0 Å². The van der Waals surface area contributed by atoms with E-state index in [0.717, 1.165) is 37.2 Å². The number of fused-ring (bicyclic) bond motifs is 1. The number of likely N-dealkylation sites (tertiary alicyclic amines) is 1. The van der Waals surface area contributed by atoms with Crippen molar-refractivity contribution in [2.75, 3.05) is 85.2 Å². The SMILES string of the molecule is C=CC(=O)NCCOCCOCCOCCNc1ccc([C@H]2CN(C3CCc4cccc(F)c43)C[C@@H]2N(C)C)cc1. The molecule has 1 amide bonds. The van der Waals surface area contributed by atoms with E-state index in [2.05, 4.69) is 71.4 Å². The van der Waals surface area contributed by atoms with Crippen LogP contribution in [0.5, 0.6) is 0 Å². The van der Waals surface area contributed by atoms with Crippen molar-refractivity contribution in [1.82, 2.24) is 15.1 Å². The van der Waals surface area contributed by atoms with Crippen LogP contribution in [-0.2, 0) is 25.4 Å². The van der Waals surface area contributed by atoms with E-state index in [-0.39, 0.29) is 17.8 Å². The third kappa shape index (κ3) is 8.83. The van der Waals surface area contributed by atoms with E-state index in [1.54, 1.807) is 6.07 Å². The first-order valence-corrected chi connectivity index (χ1v) is 14.6. The van der Waals surface area contributed by atoms with Crippen LogP contribution < -0.4 is 10.6 Å². The van der Waals surface area contributed by atoms with E-state index in [9.17, 15) is 9.18 Å². The predicted octanol–water partition coefficient (Wildman–Crippen LogP) is 3.61. The summed E-state index contributed by atoms with van der Waals surface area (Å²) in [6.45, 7) is 9.47. The summed E-state index contributed by atoms with van der Waals surface area (Å²) < 4.78 is 31.3. The molecule has 0 saturated carbocycles. The molecule has 0 bridgehead atoms. The first kappa shape index (κ1) is 31.1. The van der Waals surface area contributed by atoms with Crippen LogP contribution in [0.3, 0.4) is 0 Å². The molecule has 1 unspecified atom stereocenters. The molecule has 1 fully saturated rings. The molecular weight excluding hydrogens is 523 g/mol. The van der Waals surface area contributed by atoms with Crippen molar-refractivity contribution in [2.45, 2.75) is 30.8 Å². The van der Waals surface area contributed by atoms with Gasteiger partial charge in [0.1, 0.15) is 5.82 Å². The highest BCUT2D eigenvalue weighted by atomic mass is 19.1. The monoisotopic (exact) mass is 568 g/mol. The molecule has 0 radical (unpaired) electrons. The molecule has 8 nitrogen and oxygen atoms in total. The Morgan fingerprint density at radius 3 is 2.37 bits per heavy atom. The minimum absolute atomic E-state index is 0.0594. The number of carbonyl (C=O) groups excluding carboxylic acids is 1. The van der Waals surface area contributed by atoms with Crippen LogP contribution in [0.1, 0.15) is 35.1 Å². The molecule has 2 aromatic carbocycles. The van der Waals surface area contributed by atoms with Gasteiger partial charge < -0.3 is 29.7 Å². The predicted molar refractivity (Wildman–Crippen MR) is 160 cm³/mol. The zero-order chi connectivity index (χ0) is 29.0. The molecule has 3 atom stereocenters. The van der Waals surface area contributed by atoms with E-state index in [4.69, 9.17) is 14.2 Å². The van der Waals surface area contributed by atoms with Gasteiger partial charge in [0.15, 0.2) is 0 Å². The fraction of sp³-hybridized carbons (Fsp3) is 0.531. The number of aryl methyl sites for hydroxylation is 1. The lowest BCUT2D eigenvalue weighted by atomic mass is 9.93. The van der Waals surface area contributed by atoms with Crippen LogP contribution in [0.4, 0.5) is 10.1 Å². The Morgan fingerprint density at radius 1 is 1.00 bits per heavy atom. The van der Waals surface area contributed by atoms with E-state index in [1.807, 2.05) is 6.07 Å². The molecule has 1 aliphatic carbocycles. The minimum Gasteiger partial charge on any atom is -0.383 e. The van der Waals surface area contributed by atoms with Crippen molar-refractivity contribution in [3.05, 3.63) is 77.6 Å². The number of rotatable bonds is 17. The molecule has 0 spiro atoms. The number of likely N-dealkylation sites (N-methyl/N-ethyl adjacent to an activating group) is 1. The molecule has 1 saturated heterocycles. The van der Waals surface area contributed by atoms with Crippen molar-refractivity contribution in [1.29, 1.82) is 0 Å². The lowest BCUT2D eigenvalue weighted by molar-refractivity contribution is -0.116. The second-order valence-corrected chi connectivity index (χ2v) is 10.8. The average Bonchev–Trinajstić information content (AvgIpc) is 3.61. The van der Waals surface area contributed by atoms with E-state index in [1.165, 1.54) is 17.2 Å². The number of amides is 1. The van der Waals surface area contributed by atoms with Crippen LogP contribution in [0.2, 0.25) is 0 Å². The van der Waals surface area contributed by atoms with Gasteiger partial charge in [-0.1, -0.05) is 30.8 Å². The van der Waals surface area contributed by atoms with E-state index < -0.39 is 0 Å². The normalized spacial score (nSPS) is 20.3. The van der Waals surface area contributed by atoms with Crippen LogP contribution >= 0.6 is 0 Å². The third-order valence-corrected chi connectivity index (χ3v) is 7.97. The Hall–Kier alpha value is -2.82. The van der Waals surface area contributed by atoms with Gasteiger partial charge in [0.2, 0.25) is 5.91 Å². The van der Waals surface area contributed by atoms with Gasteiger partial charge in [-0.25, -0.2) is 4.39 Å². The van der Waals surface area contributed by atoms with Gasteiger partial charge in [-0.05, 0) is 62.3 Å². The molecule has 41 heavy (non-hydrogen) atoms. The number of carbonyl (C=O) groups is 1. The Morgan fingerprint density at radius 2 is 1.68 bits per heavy atom. The Kier molecular flexibility index (Phi) is 12.1. The second kappa shape index (κ2) is 16.0. The average molecular weight is 569 g/mol. The van der Waals surface area contributed by atoms with Gasteiger partial charge >= 0.3 is 0 Å². The molecule has 2 aromatic rings. The zero-order valence-corrected chi connectivity index (χ0v) is 24.4. The summed E-state index contributed by atoms with van der Waals surface area (Å²) >= 11 is 0. The second-order valence-electron chi connectivity index (χ2n) is 10.8. The topological polar surface area (TPSA) is 75.3 Å². The fourth-order valence-corrected chi connectivity index (χ4v) is 5.87. The van der Waals surface area contributed by atoms with Crippen LogP contribution in [0, 0.1) is 5.82 Å². The molecular formula is C32H45FN4O4. The summed E-state index contributed by atoms with van der Waals surface area (Å²) in [7, 11) is 4.29. The number of hydrogen-bond acceptors (Lipinski definition) is 7. The van der Waals surface area contributed by atoms with Gasteiger partial charge in [0.25, 0.3) is 0 Å². The van der Waals surface area contributed by atoms with Crippen molar-refractivity contribution in [2.24, 2.45) is 0 Å². The lowest BCUT2D eigenvalue weighted by Gasteiger charge is -2.26. The summed E-state index contributed by atoms with van der Waals surface area (Å²) in [4.78, 5) is 15.8. The number of benzene rings is 2. The number of hydrogen-bond donors (Lipinski definition) is 2. The van der Waals surface area contributed by atoms with Gasteiger partial charge in [-0.3, -0.25) is 9.69 Å². The highest BCUT2D eigenvalue weighted by Gasteiger charge is 2.41. The summed E-state index contributed by atoms with van der Waals surface area (Å²) in [5, 5.41) is 6.07. The van der Waals surface area contributed by atoms with Crippen LogP contribution in [-0.4, -0.2) is 102 Å². The number of anilines is 1. The fourth-order valence-electron chi connectivity index (χ4n) is 5.87. The molecule has 4 rings (SSSR count). The minimum atomic E-state index is -0.201. The summed E-state index contributed by atoms with van der Waals surface area (Å²) in [5.41, 5.74) is 4.47. The lowest BCUT2D eigenvalue weighted by Crippen LogP contribution is -2.35. The number of ether oxygens (including phenoxy) is 3. The molecule has 1 heterocycles. The van der Waals surface area contributed by atoms with Crippen molar-refractivity contribution < 1.29 is 23.4 Å². The Balaban J connectivity index is 1.13. The highest BCUT2D eigenvalue weighted by molar-refractivity contribution is 5.86. The van der Waals surface area contributed by atoms with Gasteiger partial charge in [0.05, 0.1) is 39.6 Å². The molecule has 224 valence electrons. The van der Waals surface area contributed by atoms with Gasteiger partial charge in [-0.2, -0.15) is 0 Å². The van der Waals surface area contributed by atoms with E-state index in [0.29, 0.717) is 64.7 Å². The Bertz CT molecular complexity index is 1110. The third-order valence-electron chi connectivity index (χ3n) is 7.97. The van der Waals surface area contributed by atoms with Gasteiger partial charge in [-0.15, -0.1) is 0 Å². The maximum Gasteiger partial charge on any atom is 0.243 e. The van der Waals surface area contributed by atoms with Crippen molar-refractivity contribution in [3.8, 4) is 0 Å². The molecule has 9 heteroatoms. The zero-order valence-electron chi connectivity index (χ0n) is 24.4. The maximum absolute atomic E-state index is 14.7.